The van der Waals surface area contributed by atoms with Crippen molar-refractivity contribution in [1.82, 2.24) is 0 Å². The minimum absolute atomic E-state index is 0.0283. The van der Waals surface area contributed by atoms with Crippen molar-refractivity contribution in [2.45, 2.75) is 32.0 Å². The van der Waals surface area contributed by atoms with Crippen LogP contribution in [-0.4, -0.2) is 43.2 Å². The molecule has 238 valence electrons. The lowest BCUT2D eigenvalue weighted by Crippen LogP contribution is -2.18. The molecule has 0 aromatic heterocycles. The number of rotatable bonds is 14. The number of benzene rings is 3. The number of carboxylic acids is 1. The fourth-order valence-corrected chi connectivity index (χ4v) is 3.74. The van der Waals surface area contributed by atoms with E-state index < -0.39 is 24.1 Å². The Hall–Kier alpha value is -5.61. The van der Waals surface area contributed by atoms with Crippen molar-refractivity contribution in [3.63, 3.8) is 0 Å². The Morgan fingerprint density at radius 1 is 0.761 bits per heavy atom. The van der Waals surface area contributed by atoms with E-state index in [4.69, 9.17) is 19.3 Å². The van der Waals surface area contributed by atoms with Crippen molar-refractivity contribution >= 4 is 11.9 Å². The summed E-state index contributed by atoms with van der Waals surface area (Å²) in [6.45, 7) is 7.46. The molecule has 3 aromatic carbocycles. The third-order valence-electron chi connectivity index (χ3n) is 6.07. The lowest BCUT2D eigenvalue weighted by molar-refractivity contribution is -0.274. The van der Waals surface area contributed by atoms with E-state index >= 15 is 0 Å². The molecular formula is C36H31F3O7. The summed E-state index contributed by atoms with van der Waals surface area (Å²) in [5.41, 5.74) is 1.69. The Bertz CT molecular complexity index is 1640. The second-order valence-electron chi connectivity index (χ2n) is 9.60. The molecule has 0 fully saturated rings. The van der Waals surface area contributed by atoms with Crippen LogP contribution in [0.5, 0.6) is 17.2 Å². The summed E-state index contributed by atoms with van der Waals surface area (Å²) in [6.07, 6.45) is -1.15. The van der Waals surface area contributed by atoms with Crippen molar-refractivity contribution < 1.29 is 46.8 Å². The van der Waals surface area contributed by atoms with E-state index in [2.05, 4.69) is 41.6 Å². The molecule has 0 aliphatic carbocycles. The van der Waals surface area contributed by atoms with Gasteiger partial charge in [-0.1, -0.05) is 36.8 Å². The highest BCUT2D eigenvalue weighted by Crippen LogP contribution is 2.27. The van der Waals surface area contributed by atoms with E-state index in [1.807, 2.05) is 0 Å². The first kappa shape index (κ1) is 34.9. The van der Waals surface area contributed by atoms with Gasteiger partial charge in [0.15, 0.2) is 0 Å². The minimum atomic E-state index is -4.93. The first-order valence-electron chi connectivity index (χ1n) is 14.1. The highest BCUT2D eigenvalue weighted by molar-refractivity contribution is 5.85. The number of carbonyl (C=O) groups excluding carboxylic acids is 1. The Kier molecular flexibility index (Phi) is 13.4. The molecule has 0 bridgehead atoms. The maximum Gasteiger partial charge on any atom is 0.573 e. The molecule has 7 nitrogen and oxygen atoms in total. The maximum atomic E-state index is 13.2. The number of esters is 1. The zero-order valence-electron chi connectivity index (χ0n) is 24.8. The van der Waals surface area contributed by atoms with Gasteiger partial charge in [0.2, 0.25) is 0 Å². The van der Waals surface area contributed by atoms with Crippen molar-refractivity contribution in [3.8, 4) is 40.9 Å². The van der Waals surface area contributed by atoms with E-state index in [9.17, 15) is 22.8 Å². The largest absolute Gasteiger partial charge is 0.573 e. The van der Waals surface area contributed by atoms with Crippen LogP contribution in [0.3, 0.4) is 0 Å². The number of hydrogen-bond donors (Lipinski definition) is 1. The van der Waals surface area contributed by atoms with Crippen molar-refractivity contribution in [3.05, 3.63) is 114 Å². The number of alkyl halides is 3. The predicted octanol–water partition coefficient (Wildman–Crippen LogP) is 7.07. The third-order valence-corrected chi connectivity index (χ3v) is 6.07. The average Bonchev–Trinajstić information content (AvgIpc) is 3.03. The standard InChI is InChI=1S/C36H31F3O7/c1-3-34(40)45-24-23-44-32-20-14-28(15-21-32)10-16-30-17-11-29(25-33(30)46-36(37,38)39)9-8-27-12-18-31(19-13-27)43-22-6-4-5-7-26(2)35(41)42/h3,11-15,17-21,25H,1-2,4-7,22-24H2,(H,41,42). The molecule has 0 saturated carbocycles. The number of carboxylic acid groups (broad SMARTS) is 1. The Balaban J connectivity index is 1.60. The van der Waals surface area contributed by atoms with Crippen LogP contribution in [0.1, 0.15) is 47.9 Å². The summed E-state index contributed by atoms with van der Waals surface area (Å²) >= 11 is 0. The molecule has 0 amide bonds. The smallest absolute Gasteiger partial charge is 0.494 e. The van der Waals surface area contributed by atoms with Gasteiger partial charge < -0.3 is 24.1 Å². The van der Waals surface area contributed by atoms with Gasteiger partial charge in [-0.3, -0.25) is 0 Å². The lowest BCUT2D eigenvalue weighted by Gasteiger charge is -2.11. The number of carbonyl (C=O) groups is 2. The molecule has 0 atom stereocenters. The molecule has 3 rings (SSSR count). The van der Waals surface area contributed by atoms with E-state index in [0.717, 1.165) is 25.3 Å². The Morgan fingerprint density at radius 2 is 1.33 bits per heavy atom. The van der Waals surface area contributed by atoms with Gasteiger partial charge in [-0.15, -0.1) is 13.2 Å². The zero-order chi connectivity index (χ0) is 33.4. The first-order chi connectivity index (χ1) is 22.0. The molecule has 0 saturated heterocycles. The molecule has 0 radical (unpaired) electrons. The van der Waals surface area contributed by atoms with Gasteiger partial charge in [0.05, 0.1) is 12.2 Å². The lowest BCUT2D eigenvalue weighted by atomic mass is 10.1. The third kappa shape index (κ3) is 12.9. The summed E-state index contributed by atoms with van der Waals surface area (Å²) in [5.74, 6) is 10.4. The molecule has 0 aliphatic rings. The number of ether oxygens (including phenoxy) is 4. The minimum Gasteiger partial charge on any atom is -0.494 e. The quantitative estimate of drug-likeness (QED) is 0.0880. The molecule has 10 heteroatoms. The molecule has 0 unspecified atom stereocenters. The summed E-state index contributed by atoms with van der Waals surface area (Å²) in [7, 11) is 0. The van der Waals surface area contributed by atoms with Gasteiger partial charge in [-0.25, -0.2) is 9.59 Å². The van der Waals surface area contributed by atoms with Crippen LogP contribution in [0.25, 0.3) is 0 Å². The number of unbranched alkanes of at least 4 members (excludes halogenated alkanes) is 2. The topological polar surface area (TPSA) is 91.3 Å². The van der Waals surface area contributed by atoms with Crippen molar-refractivity contribution in [1.29, 1.82) is 0 Å². The van der Waals surface area contributed by atoms with Crippen LogP contribution in [0.2, 0.25) is 0 Å². The SMILES string of the molecule is C=CC(=O)OCCOc1ccc(C#Cc2ccc(C#Cc3ccc(OCCCCCC(=C)C(=O)O)cc3)cc2OC(F)(F)F)cc1. The zero-order valence-corrected chi connectivity index (χ0v) is 24.8. The van der Waals surface area contributed by atoms with Gasteiger partial charge in [-0.2, -0.15) is 0 Å². The van der Waals surface area contributed by atoms with Crippen LogP contribution >= 0.6 is 0 Å². The molecule has 1 N–H and O–H groups in total. The monoisotopic (exact) mass is 632 g/mol. The van der Waals surface area contributed by atoms with Gasteiger partial charge in [0.25, 0.3) is 0 Å². The summed E-state index contributed by atoms with van der Waals surface area (Å²) in [6, 6.07) is 17.7. The van der Waals surface area contributed by atoms with E-state index in [-0.39, 0.29) is 24.4 Å². The second-order valence-corrected chi connectivity index (χ2v) is 9.60. The van der Waals surface area contributed by atoms with Crippen molar-refractivity contribution in [2.24, 2.45) is 0 Å². The van der Waals surface area contributed by atoms with Crippen LogP contribution < -0.4 is 14.2 Å². The summed E-state index contributed by atoms with van der Waals surface area (Å²) < 4.78 is 59.7. The predicted molar refractivity (Wildman–Crippen MR) is 165 cm³/mol. The summed E-state index contributed by atoms with van der Waals surface area (Å²) in [5, 5.41) is 8.82. The first-order valence-corrected chi connectivity index (χ1v) is 14.1. The van der Waals surface area contributed by atoms with Gasteiger partial charge >= 0.3 is 18.3 Å². The molecule has 0 heterocycles. The number of halogens is 3. The Morgan fingerprint density at radius 3 is 1.91 bits per heavy atom. The number of aliphatic carboxylic acids is 1. The molecule has 0 aliphatic heterocycles. The van der Waals surface area contributed by atoms with Crippen LogP contribution in [0.15, 0.2) is 91.5 Å². The van der Waals surface area contributed by atoms with Crippen LogP contribution in [0, 0.1) is 23.7 Å². The number of hydrogen-bond acceptors (Lipinski definition) is 6. The Labute approximate surface area is 265 Å². The fraction of sp³-hybridized carbons (Fsp3) is 0.222. The van der Waals surface area contributed by atoms with Gasteiger partial charge in [0.1, 0.15) is 30.5 Å². The normalized spacial score (nSPS) is 10.3. The van der Waals surface area contributed by atoms with Gasteiger partial charge in [0, 0.05) is 28.3 Å². The molecule has 0 spiro atoms. The fourth-order valence-electron chi connectivity index (χ4n) is 3.74. The van der Waals surface area contributed by atoms with E-state index in [1.165, 1.54) is 12.1 Å². The average molecular weight is 633 g/mol. The van der Waals surface area contributed by atoms with E-state index in [1.54, 1.807) is 54.6 Å². The van der Waals surface area contributed by atoms with Crippen LogP contribution in [0.4, 0.5) is 13.2 Å². The maximum absolute atomic E-state index is 13.2. The van der Waals surface area contributed by atoms with Crippen molar-refractivity contribution in [2.75, 3.05) is 19.8 Å². The highest BCUT2D eigenvalue weighted by atomic mass is 19.4. The second kappa shape index (κ2) is 17.6. The molecule has 3 aromatic rings. The van der Waals surface area contributed by atoms with Gasteiger partial charge in [-0.05, 0) is 92.4 Å². The molecule has 46 heavy (non-hydrogen) atoms. The summed E-state index contributed by atoms with van der Waals surface area (Å²) in [4.78, 5) is 21.8. The highest BCUT2D eigenvalue weighted by Gasteiger charge is 2.32. The molecular weight excluding hydrogens is 601 g/mol. The van der Waals surface area contributed by atoms with Crippen LogP contribution in [-0.2, 0) is 14.3 Å². The van der Waals surface area contributed by atoms with E-state index in [0.29, 0.717) is 41.2 Å².